The first-order valence-corrected chi connectivity index (χ1v) is 18.5. The van der Waals surface area contributed by atoms with Crippen molar-refractivity contribution in [3.05, 3.63) is 212 Å². The molecule has 0 saturated heterocycles. The van der Waals surface area contributed by atoms with Gasteiger partial charge in [0.2, 0.25) is 0 Å². The van der Waals surface area contributed by atoms with Crippen LogP contribution in [-0.2, 0) is 0 Å². The highest BCUT2D eigenvalue weighted by Gasteiger charge is 2.19. The number of para-hydroxylation sites is 4. The predicted molar refractivity (Wildman–Crippen MR) is 240 cm³/mol. The number of rotatable bonds is 5. The third-order valence-electron chi connectivity index (χ3n) is 10.9. The van der Waals surface area contributed by atoms with Gasteiger partial charge in [0, 0.05) is 49.4 Å². The Labute approximate surface area is 347 Å². The molecular formula is C54H35N3. The predicted octanol–water partition coefficient (Wildman–Crippen LogP) is 14.3. The molecule has 3 heterocycles. The summed E-state index contributed by atoms with van der Waals surface area (Å²) in [5, 5.41) is 5.95. The molecule has 0 unspecified atom stereocenters. The molecule has 3 aromatic heterocycles. The summed E-state index contributed by atoms with van der Waals surface area (Å²) in [5.41, 5.74) is 4.96. The number of benzene rings is 9. The van der Waals surface area contributed by atoms with Gasteiger partial charge in [0.1, 0.15) is 0 Å². The number of aromatic nitrogens is 3. The van der Waals surface area contributed by atoms with Crippen LogP contribution >= 0.6 is 0 Å². The van der Waals surface area contributed by atoms with Crippen molar-refractivity contribution in [3.8, 4) is 39.3 Å². The zero-order valence-corrected chi connectivity index (χ0v) is 30.0. The van der Waals surface area contributed by atoms with E-state index in [1.165, 1.54) is 10.8 Å². The summed E-state index contributed by atoms with van der Waals surface area (Å²) in [6.07, 6.45) is 0. The van der Waals surface area contributed by atoms with Crippen LogP contribution in [0.2, 0.25) is 0 Å². The standard InChI is InChI=1S/C54H35N3/c1-2-14-36(15-3-1)37-16-12-17-38(32-37)39-18-13-19-40(33-39)55-51-26-10-6-22-45(51)47-35-42(29-30-53(47)55)57-52-27-11-7-23-46(52)48-34-41(28-31-54(48)57)56-49-24-8-4-20-43(49)44-21-5-9-25-50(44)56/h1-35H/i1D,2D,3D,12D,13D,14D,15D,16D,17D,18D,19D,32D,33D. The molecule has 12 rings (SSSR count). The molecule has 57 heavy (non-hydrogen) atoms. The van der Waals surface area contributed by atoms with Crippen molar-refractivity contribution >= 4 is 65.4 Å². The lowest BCUT2D eigenvalue weighted by Gasteiger charge is -2.12. The molecule has 3 heteroatoms. The van der Waals surface area contributed by atoms with E-state index in [4.69, 9.17) is 13.7 Å². The van der Waals surface area contributed by atoms with Crippen molar-refractivity contribution in [1.82, 2.24) is 13.7 Å². The van der Waals surface area contributed by atoms with Gasteiger partial charge in [0.05, 0.1) is 50.9 Å². The van der Waals surface area contributed by atoms with Gasteiger partial charge in [-0.1, -0.05) is 133 Å². The van der Waals surface area contributed by atoms with E-state index >= 15 is 0 Å². The zero-order valence-electron chi connectivity index (χ0n) is 43.0. The summed E-state index contributed by atoms with van der Waals surface area (Å²) in [5.74, 6) is 0. The molecule has 0 aliphatic heterocycles. The molecule has 266 valence electrons. The van der Waals surface area contributed by atoms with Crippen LogP contribution in [0.1, 0.15) is 17.8 Å². The first-order valence-electron chi connectivity index (χ1n) is 25.0. The highest BCUT2D eigenvalue weighted by molar-refractivity contribution is 6.14. The summed E-state index contributed by atoms with van der Waals surface area (Å²) in [6, 6.07) is 36.0. The molecule has 0 saturated carbocycles. The first-order chi connectivity index (χ1) is 33.7. The van der Waals surface area contributed by atoms with E-state index in [1.807, 2.05) is 54.6 Å². The first kappa shape index (κ1) is 21.5. The van der Waals surface area contributed by atoms with Crippen LogP contribution in [0.3, 0.4) is 0 Å². The highest BCUT2D eigenvalue weighted by Crippen LogP contribution is 2.39. The van der Waals surface area contributed by atoms with Crippen LogP contribution in [0.4, 0.5) is 0 Å². The van der Waals surface area contributed by atoms with Crippen molar-refractivity contribution in [1.29, 1.82) is 0 Å². The maximum absolute atomic E-state index is 9.77. The van der Waals surface area contributed by atoms with Gasteiger partial charge < -0.3 is 13.7 Å². The third-order valence-corrected chi connectivity index (χ3v) is 10.9. The van der Waals surface area contributed by atoms with Crippen molar-refractivity contribution in [2.75, 3.05) is 0 Å². The topological polar surface area (TPSA) is 14.8 Å². The number of hydrogen-bond acceptors (Lipinski definition) is 0. The van der Waals surface area contributed by atoms with E-state index in [1.54, 1.807) is 4.57 Å². The molecule has 9 aromatic carbocycles. The normalized spacial score (nSPS) is 15.1. The van der Waals surface area contributed by atoms with E-state index in [2.05, 4.69) is 88.0 Å². The Bertz CT molecular complexity index is 4220. The van der Waals surface area contributed by atoms with Gasteiger partial charge in [-0.15, -0.1) is 0 Å². The Kier molecular flexibility index (Phi) is 4.69. The fourth-order valence-electron chi connectivity index (χ4n) is 8.46. The maximum Gasteiger partial charge on any atom is 0.0651 e. The van der Waals surface area contributed by atoms with E-state index in [-0.39, 0.29) is 5.69 Å². The molecule has 0 N–H and O–H groups in total. The number of fused-ring (bicyclic) bond motifs is 9. The molecule has 0 aliphatic carbocycles. The minimum atomic E-state index is -0.771. The summed E-state index contributed by atoms with van der Waals surface area (Å²) in [6.45, 7) is 0. The van der Waals surface area contributed by atoms with E-state index in [9.17, 15) is 4.11 Å². The quantitative estimate of drug-likeness (QED) is 0.167. The summed E-state index contributed by atoms with van der Waals surface area (Å²) in [4.78, 5) is 0. The SMILES string of the molecule is [2H]c1c([2H])c([2H])c(-c2c([2H])c([2H])c([2H])c(-c3c([2H])c([2H])c([2H])c(-n4c5ccccc5c5cc(-n6c7ccccc7c7cc(-n8c9ccccc9c9ccccc98)ccc76)ccc54)c3[2H])c2[2H])c([2H])c1[2H]. The Morgan fingerprint density at radius 1 is 0.281 bits per heavy atom. The second-order valence-electron chi connectivity index (χ2n) is 14.0. The molecular weight excluding hydrogens is 691 g/mol. The molecule has 0 aliphatic rings. The summed E-state index contributed by atoms with van der Waals surface area (Å²) < 4.78 is 121. The number of nitrogens with zero attached hydrogens (tertiary/aromatic N) is 3. The smallest absolute Gasteiger partial charge is 0.0651 e. The highest BCUT2D eigenvalue weighted by atomic mass is 15.0. The largest absolute Gasteiger partial charge is 0.309 e. The van der Waals surface area contributed by atoms with Crippen LogP contribution in [-0.4, -0.2) is 13.7 Å². The monoisotopic (exact) mass is 738 g/mol. The molecule has 0 spiro atoms. The second-order valence-corrected chi connectivity index (χ2v) is 14.0. The van der Waals surface area contributed by atoms with E-state index in [0.717, 1.165) is 55.0 Å². The molecule has 0 fully saturated rings. The average Bonchev–Trinajstić information content (AvgIpc) is 4.01. The van der Waals surface area contributed by atoms with Gasteiger partial charge >= 0.3 is 0 Å². The lowest BCUT2D eigenvalue weighted by molar-refractivity contribution is 1.16. The minimum Gasteiger partial charge on any atom is -0.309 e. The lowest BCUT2D eigenvalue weighted by atomic mass is 9.99. The van der Waals surface area contributed by atoms with Crippen LogP contribution in [0, 0.1) is 0 Å². The molecule has 12 aromatic rings. The van der Waals surface area contributed by atoms with Gasteiger partial charge in [-0.25, -0.2) is 0 Å². The second kappa shape index (κ2) is 12.5. The Morgan fingerprint density at radius 2 is 0.649 bits per heavy atom. The van der Waals surface area contributed by atoms with Crippen molar-refractivity contribution in [2.24, 2.45) is 0 Å². The minimum absolute atomic E-state index is 0.131. The van der Waals surface area contributed by atoms with Gasteiger partial charge in [-0.3, -0.25) is 0 Å². The van der Waals surface area contributed by atoms with Crippen LogP contribution in [0.25, 0.3) is 105 Å². The molecule has 0 radical (unpaired) electrons. The lowest BCUT2D eigenvalue weighted by Crippen LogP contribution is -1.97. The fourth-order valence-corrected chi connectivity index (χ4v) is 8.46. The zero-order chi connectivity index (χ0) is 48.8. The van der Waals surface area contributed by atoms with Gasteiger partial charge in [0.15, 0.2) is 0 Å². The molecule has 0 atom stereocenters. The molecule has 0 amide bonds. The molecule has 0 bridgehead atoms. The Hall–Kier alpha value is -7.62. The van der Waals surface area contributed by atoms with Gasteiger partial charge in [-0.05, 0) is 101 Å². The van der Waals surface area contributed by atoms with E-state index in [0.29, 0.717) is 11.0 Å². The Balaban J connectivity index is 1.08. The summed E-state index contributed by atoms with van der Waals surface area (Å²) >= 11 is 0. The number of hydrogen-bond donors (Lipinski definition) is 0. The van der Waals surface area contributed by atoms with Crippen LogP contribution in [0.5, 0.6) is 0 Å². The maximum atomic E-state index is 9.77. The van der Waals surface area contributed by atoms with E-state index < -0.39 is 101 Å². The Morgan fingerprint density at radius 3 is 1.16 bits per heavy atom. The third kappa shape index (κ3) is 4.86. The van der Waals surface area contributed by atoms with Crippen molar-refractivity contribution in [3.63, 3.8) is 0 Å². The average molecular weight is 739 g/mol. The van der Waals surface area contributed by atoms with Crippen molar-refractivity contribution in [2.45, 2.75) is 0 Å². The van der Waals surface area contributed by atoms with Crippen LogP contribution < -0.4 is 0 Å². The van der Waals surface area contributed by atoms with Gasteiger partial charge in [-0.2, -0.15) is 0 Å². The fraction of sp³-hybridized carbons (Fsp3) is 0. The van der Waals surface area contributed by atoms with Crippen LogP contribution in [0.15, 0.2) is 212 Å². The molecule has 3 nitrogen and oxygen atoms in total. The van der Waals surface area contributed by atoms with Gasteiger partial charge in [0.25, 0.3) is 0 Å². The summed E-state index contributed by atoms with van der Waals surface area (Å²) in [7, 11) is 0. The van der Waals surface area contributed by atoms with Crippen molar-refractivity contribution < 1.29 is 17.8 Å².